The lowest BCUT2D eigenvalue weighted by Crippen LogP contribution is -2.17. The fraction of sp³-hybridized carbons (Fsp3) is 0.176. The number of carboxylic acid groups (broad SMARTS) is 1. The molecule has 2 rings (SSSR count). The minimum Gasteiger partial charge on any atom is -0.493 e. The third kappa shape index (κ3) is 4.09. The van der Waals surface area contributed by atoms with Gasteiger partial charge in [0.1, 0.15) is 12.4 Å². The summed E-state index contributed by atoms with van der Waals surface area (Å²) in [6.07, 6.45) is 0. The lowest BCUT2D eigenvalue weighted by molar-refractivity contribution is -0.142. The van der Waals surface area contributed by atoms with Crippen LogP contribution in [0.25, 0.3) is 0 Å². The zero-order valence-electron chi connectivity index (χ0n) is 12.0. The van der Waals surface area contributed by atoms with E-state index in [1.54, 1.807) is 55.5 Å². The van der Waals surface area contributed by atoms with Crippen molar-refractivity contribution in [1.82, 2.24) is 0 Å². The minimum absolute atomic E-state index is 0.0831. The molecule has 0 bridgehead atoms. The molecule has 0 aliphatic carbocycles. The van der Waals surface area contributed by atoms with Gasteiger partial charge in [0.25, 0.3) is 0 Å². The Morgan fingerprint density at radius 3 is 2.05 bits per heavy atom. The Balaban J connectivity index is 2.03. The van der Waals surface area contributed by atoms with Crippen LogP contribution in [0.3, 0.4) is 0 Å². The number of benzene rings is 2. The molecule has 22 heavy (non-hydrogen) atoms. The second-order valence-electron chi connectivity index (χ2n) is 4.91. The van der Waals surface area contributed by atoms with Crippen molar-refractivity contribution in [3.05, 3.63) is 64.7 Å². The van der Waals surface area contributed by atoms with Gasteiger partial charge in [-0.1, -0.05) is 11.6 Å². The number of hydrogen-bond acceptors (Lipinski definition) is 3. The molecule has 5 heteroatoms. The number of carboxylic acids is 1. The first-order valence-corrected chi connectivity index (χ1v) is 7.11. The molecule has 0 saturated carbocycles. The SMILES string of the molecule is CC(COc1ccc(C(=O)c2ccc(Cl)cc2)cc1)C(=O)O. The summed E-state index contributed by atoms with van der Waals surface area (Å²) in [5.74, 6) is -1.08. The summed E-state index contributed by atoms with van der Waals surface area (Å²) in [7, 11) is 0. The zero-order valence-corrected chi connectivity index (χ0v) is 12.7. The van der Waals surface area contributed by atoms with Gasteiger partial charge in [0.05, 0.1) is 5.92 Å². The average Bonchev–Trinajstić information content (AvgIpc) is 2.53. The van der Waals surface area contributed by atoms with Crippen molar-refractivity contribution in [2.75, 3.05) is 6.61 Å². The lowest BCUT2D eigenvalue weighted by atomic mass is 10.0. The largest absolute Gasteiger partial charge is 0.493 e. The van der Waals surface area contributed by atoms with Crippen LogP contribution in [0, 0.1) is 5.92 Å². The molecule has 1 atom stereocenters. The molecule has 0 aromatic heterocycles. The molecular weight excluding hydrogens is 304 g/mol. The molecule has 2 aromatic carbocycles. The van der Waals surface area contributed by atoms with Gasteiger partial charge in [0, 0.05) is 16.1 Å². The molecule has 0 heterocycles. The van der Waals surface area contributed by atoms with E-state index < -0.39 is 11.9 Å². The van der Waals surface area contributed by atoms with Crippen LogP contribution >= 0.6 is 11.6 Å². The van der Waals surface area contributed by atoms with Crippen LogP contribution in [0.15, 0.2) is 48.5 Å². The summed E-state index contributed by atoms with van der Waals surface area (Å²) < 4.78 is 5.38. The van der Waals surface area contributed by atoms with E-state index in [1.807, 2.05) is 0 Å². The van der Waals surface area contributed by atoms with Crippen LogP contribution in [-0.2, 0) is 4.79 Å². The molecule has 0 fully saturated rings. The van der Waals surface area contributed by atoms with Crippen molar-refractivity contribution in [3.8, 4) is 5.75 Å². The van der Waals surface area contributed by atoms with E-state index in [9.17, 15) is 9.59 Å². The molecule has 0 spiro atoms. The third-order valence-electron chi connectivity index (χ3n) is 3.14. The Hall–Kier alpha value is -2.33. The van der Waals surface area contributed by atoms with Crippen LogP contribution in [-0.4, -0.2) is 23.5 Å². The maximum atomic E-state index is 12.3. The van der Waals surface area contributed by atoms with E-state index in [0.29, 0.717) is 21.9 Å². The summed E-state index contributed by atoms with van der Waals surface area (Å²) in [6, 6.07) is 13.3. The highest BCUT2D eigenvalue weighted by Gasteiger charge is 2.12. The molecule has 0 radical (unpaired) electrons. The molecule has 0 amide bonds. The van der Waals surface area contributed by atoms with Gasteiger partial charge in [-0.3, -0.25) is 9.59 Å². The lowest BCUT2D eigenvalue weighted by Gasteiger charge is -2.09. The average molecular weight is 319 g/mol. The number of rotatable bonds is 6. The molecule has 114 valence electrons. The highest BCUT2D eigenvalue weighted by atomic mass is 35.5. The van der Waals surface area contributed by atoms with Crippen LogP contribution in [0.4, 0.5) is 0 Å². The van der Waals surface area contributed by atoms with Crippen molar-refractivity contribution in [1.29, 1.82) is 0 Å². The Labute approximate surface area is 133 Å². The van der Waals surface area contributed by atoms with Gasteiger partial charge in [0.15, 0.2) is 5.78 Å². The Bertz CT molecular complexity index is 662. The Morgan fingerprint density at radius 2 is 1.55 bits per heavy atom. The maximum absolute atomic E-state index is 12.3. The first-order valence-electron chi connectivity index (χ1n) is 6.73. The summed E-state index contributed by atoms with van der Waals surface area (Å²) in [5, 5.41) is 9.37. The number of carbonyl (C=O) groups is 2. The quantitative estimate of drug-likeness (QED) is 0.825. The number of aliphatic carboxylic acids is 1. The molecule has 0 aliphatic heterocycles. The first-order chi connectivity index (χ1) is 10.5. The third-order valence-corrected chi connectivity index (χ3v) is 3.40. The van der Waals surface area contributed by atoms with Crippen LogP contribution in [0.1, 0.15) is 22.8 Å². The van der Waals surface area contributed by atoms with E-state index in [0.717, 1.165) is 0 Å². The minimum atomic E-state index is -0.908. The van der Waals surface area contributed by atoms with Crippen LogP contribution < -0.4 is 4.74 Å². The summed E-state index contributed by atoms with van der Waals surface area (Å²) >= 11 is 5.80. The van der Waals surface area contributed by atoms with Gasteiger partial charge in [-0.15, -0.1) is 0 Å². The molecule has 0 aliphatic rings. The van der Waals surface area contributed by atoms with E-state index in [1.165, 1.54) is 0 Å². The predicted octanol–water partition coefficient (Wildman–Crippen LogP) is 3.67. The van der Waals surface area contributed by atoms with Crippen LogP contribution in [0.2, 0.25) is 5.02 Å². The number of hydrogen-bond donors (Lipinski definition) is 1. The van der Waals surface area contributed by atoms with Gasteiger partial charge >= 0.3 is 5.97 Å². The monoisotopic (exact) mass is 318 g/mol. The Kier molecular flexibility index (Phi) is 5.17. The molecule has 1 unspecified atom stereocenters. The summed E-state index contributed by atoms with van der Waals surface area (Å²) in [6.45, 7) is 1.65. The predicted molar refractivity (Wildman–Crippen MR) is 83.6 cm³/mol. The standard InChI is InChI=1S/C17H15ClO4/c1-11(17(20)21)10-22-15-8-4-13(5-9-15)16(19)12-2-6-14(18)7-3-12/h2-9,11H,10H2,1H3,(H,20,21). The van der Waals surface area contributed by atoms with Gasteiger partial charge < -0.3 is 9.84 Å². The van der Waals surface area contributed by atoms with Gasteiger partial charge in [-0.2, -0.15) is 0 Å². The second kappa shape index (κ2) is 7.09. The maximum Gasteiger partial charge on any atom is 0.309 e. The van der Waals surface area contributed by atoms with Gasteiger partial charge in [0.2, 0.25) is 0 Å². The normalized spacial score (nSPS) is 11.7. The second-order valence-corrected chi connectivity index (χ2v) is 5.35. The molecule has 1 N–H and O–H groups in total. The summed E-state index contributed by atoms with van der Waals surface area (Å²) in [5.41, 5.74) is 1.08. The van der Waals surface area contributed by atoms with E-state index in [-0.39, 0.29) is 12.4 Å². The first kappa shape index (κ1) is 16.0. The van der Waals surface area contributed by atoms with Crippen molar-refractivity contribution in [2.24, 2.45) is 5.92 Å². The van der Waals surface area contributed by atoms with Crippen molar-refractivity contribution in [2.45, 2.75) is 6.92 Å². The molecule has 0 saturated heterocycles. The highest BCUT2D eigenvalue weighted by Crippen LogP contribution is 2.17. The fourth-order valence-electron chi connectivity index (χ4n) is 1.76. The van der Waals surface area contributed by atoms with E-state index in [2.05, 4.69) is 0 Å². The summed E-state index contributed by atoms with van der Waals surface area (Å²) in [4.78, 5) is 23.0. The Morgan fingerprint density at radius 1 is 1.05 bits per heavy atom. The number of ketones is 1. The van der Waals surface area contributed by atoms with E-state index >= 15 is 0 Å². The van der Waals surface area contributed by atoms with Crippen molar-refractivity contribution in [3.63, 3.8) is 0 Å². The fourth-order valence-corrected chi connectivity index (χ4v) is 1.89. The topological polar surface area (TPSA) is 63.6 Å². The van der Waals surface area contributed by atoms with Gasteiger partial charge in [-0.05, 0) is 55.5 Å². The molecule has 4 nitrogen and oxygen atoms in total. The van der Waals surface area contributed by atoms with Gasteiger partial charge in [-0.25, -0.2) is 0 Å². The number of carbonyl (C=O) groups excluding carboxylic acids is 1. The zero-order chi connectivity index (χ0) is 16.1. The smallest absolute Gasteiger partial charge is 0.309 e. The van der Waals surface area contributed by atoms with Crippen LogP contribution in [0.5, 0.6) is 5.75 Å². The molecule has 2 aromatic rings. The number of ether oxygens (including phenoxy) is 1. The number of halogens is 1. The van der Waals surface area contributed by atoms with E-state index in [4.69, 9.17) is 21.4 Å². The van der Waals surface area contributed by atoms with Crippen molar-refractivity contribution < 1.29 is 19.4 Å². The molecular formula is C17H15ClO4. The highest BCUT2D eigenvalue weighted by molar-refractivity contribution is 6.30. The van der Waals surface area contributed by atoms with Crippen molar-refractivity contribution >= 4 is 23.4 Å².